The first-order valence-corrected chi connectivity index (χ1v) is 25.5. The summed E-state index contributed by atoms with van der Waals surface area (Å²) in [5.41, 5.74) is 16.5. The molecular weight excluding hydrogens is 885 g/mol. The molecule has 0 aliphatic rings. The maximum Gasteiger partial charge on any atom is 0.0541 e. The molecule has 4 aromatic heterocycles. The molecule has 4 nitrogen and oxygen atoms in total. The molecule has 0 radical (unpaired) electrons. The number of pyridine rings is 2. The average molecular weight is 957 g/mol. The van der Waals surface area contributed by atoms with Gasteiger partial charge in [0, 0.05) is 58.7 Å². The molecule has 0 aliphatic heterocycles. The molecule has 4 heterocycles. The van der Waals surface area contributed by atoms with Crippen molar-refractivity contribution in [2.45, 2.75) is 82.1 Å². The van der Waals surface area contributed by atoms with Gasteiger partial charge in [-0.3, -0.25) is 9.97 Å². The zero-order valence-electron chi connectivity index (χ0n) is 45.1. The Balaban J connectivity index is 0.000000135. The number of rotatable bonds is 2. The van der Waals surface area contributed by atoms with Gasteiger partial charge in [0.25, 0.3) is 0 Å². The molecule has 73 heavy (non-hydrogen) atoms. The third-order valence-corrected chi connectivity index (χ3v) is 13.2. The minimum absolute atomic E-state index is 0.653. The smallest absolute Gasteiger partial charge is 0.0541 e. The number of benzene rings is 8. The molecule has 8 aromatic carbocycles. The lowest BCUT2D eigenvalue weighted by Crippen LogP contribution is -1.93. The summed E-state index contributed by atoms with van der Waals surface area (Å²) in [6.07, 6.45) is 3.57. The molecule has 4 heteroatoms. The number of nitrogens with zero attached hydrogens (tertiary/aromatic N) is 4. The van der Waals surface area contributed by atoms with Crippen LogP contribution in [0.1, 0.15) is 75.9 Å². The first-order chi connectivity index (χ1) is 35.2. The van der Waals surface area contributed by atoms with Crippen molar-refractivity contribution in [2.24, 2.45) is 7.05 Å². The fourth-order valence-electron chi connectivity index (χ4n) is 9.08. The molecule has 368 valence electrons. The Bertz CT molecular complexity index is 3530. The van der Waals surface area contributed by atoms with Crippen LogP contribution in [0.15, 0.2) is 213 Å². The van der Waals surface area contributed by atoms with Crippen LogP contribution >= 0.6 is 0 Å². The van der Waals surface area contributed by atoms with Crippen molar-refractivity contribution in [2.75, 3.05) is 0 Å². The van der Waals surface area contributed by atoms with E-state index in [2.05, 4.69) is 270 Å². The van der Waals surface area contributed by atoms with E-state index in [1.165, 1.54) is 105 Å². The predicted octanol–water partition coefficient (Wildman–Crippen LogP) is 18.7. The summed E-state index contributed by atoms with van der Waals surface area (Å²) in [6.45, 7) is 23.2. The molecule has 0 amide bonds. The van der Waals surface area contributed by atoms with E-state index in [1.807, 2.05) is 32.9 Å². The van der Waals surface area contributed by atoms with Gasteiger partial charge in [0.05, 0.1) is 11.0 Å². The van der Waals surface area contributed by atoms with Crippen molar-refractivity contribution in [1.82, 2.24) is 19.1 Å². The van der Waals surface area contributed by atoms with Gasteiger partial charge in [0.1, 0.15) is 0 Å². The van der Waals surface area contributed by atoms with Crippen LogP contribution in [-0.2, 0) is 7.05 Å². The highest BCUT2D eigenvalue weighted by atomic mass is 15.0. The standard InChI is InChI=1S/C19H15N.C19H14.C10H14.C8H11N.C7H11N.C6H7N/c1-14-10-12-15(13-11-14)20-18-8-4-2-6-16(18)17-7-3-5-9-19(17)20;1-13-10-11-18-16-8-3-2-6-14(16)15-7-4-5-9-17(15)19(18)12-13;1-8(2)10-6-4-9(3)5-7-10;1-6-4-7(2)9-8(3)5-6;1-6-4-5-7(2)8(6)3;1-6-2-4-7-5-3-6/h2-13H,1H3;2-12H,1H3;4-8H,1-3H3;4-5H,1-3H3;4-5H,1-3H3;2-5H,1H3. The molecule has 0 unspecified atom stereocenters. The fourth-order valence-corrected chi connectivity index (χ4v) is 9.08. The van der Waals surface area contributed by atoms with Crippen molar-refractivity contribution < 1.29 is 0 Å². The summed E-state index contributed by atoms with van der Waals surface area (Å²) in [6, 6.07) is 71.1. The van der Waals surface area contributed by atoms with Crippen LogP contribution in [-0.4, -0.2) is 19.1 Å². The molecule has 0 aliphatic carbocycles. The summed E-state index contributed by atoms with van der Waals surface area (Å²) in [5.74, 6) is 0.653. The lowest BCUT2D eigenvalue weighted by Gasteiger charge is -2.10. The van der Waals surface area contributed by atoms with Crippen LogP contribution < -0.4 is 0 Å². The molecule has 0 N–H and O–H groups in total. The van der Waals surface area contributed by atoms with Gasteiger partial charge in [-0.2, -0.15) is 0 Å². The van der Waals surface area contributed by atoms with E-state index in [9.17, 15) is 0 Å². The average Bonchev–Trinajstić information content (AvgIpc) is 3.88. The number of fused-ring (bicyclic) bond motifs is 9. The Morgan fingerprint density at radius 2 is 0.726 bits per heavy atom. The van der Waals surface area contributed by atoms with E-state index in [4.69, 9.17) is 0 Å². The summed E-state index contributed by atoms with van der Waals surface area (Å²) in [4.78, 5) is 8.08. The third-order valence-electron chi connectivity index (χ3n) is 13.2. The second-order valence-corrected chi connectivity index (χ2v) is 19.5. The van der Waals surface area contributed by atoms with Crippen molar-refractivity contribution >= 4 is 54.1 Å². The van der Waals surface area contributed by atoms with Gasteiger partial charge >= 0.3 is 0 Å². The van der Waals surface area contributed by atoms with E-state index >= 15 is 0 Å². The van der Waals surface area contributed by atoms with Crippen LogP contribution in [0.3, 0.4) is 0 Å². The predicted molar refractivity (Wildman–Crippen MR) is 317 cm³/mol. The quantitative estimate of drug-likeness (QED) is 0.162. The van der Waals surface area contributed by atoms with Crippen LogP contribution in [0.25, 0.3) is 59.8 Å². The summed E-state index contributed by atoms with van der Waals surface area (Å²) < 4.78 is 4.50. The van der Waals surface area contributed by atoms with Gasteiger partial charge in [0.2, 0.25) is 0 Å². The Labute approximate surface area is 434 Å². The van der Waals surface area contributed by atoms with E-state index in [0.717, 1.165) is 11.4 Å². The molecule has 0 bridgehead atoms. The largest absolute Gasteiger partial charge is 0.352 e. The number of hydrogen-bond acceptors (Lipinski definition) is 2. The Hall–Kier alpha value is -8.08. The fraction of sp³-hybridized carbons (Fsp3) is 0.188. The minimum atomic E-state index is 0.653. The Morgan fingerprint density at radius 3 is 1.12 bits per heavy atom. The van der Waals surface area contributed by atoms with Crippen molar-refractivity contribution in [3.63, 3.8) is 0 Å². The number of aromatic nitrogens is 4. The molecule has 0 atom stereocenters. The van der Waals surface area contributed by atoms with Crippen LogP contribution in [0, 0.1) is 62.3 Å². The normalized spacial score (nSPS) is 10.6. The molecular formula is C69H72N4. The van der Waals surface area contributed by atoms with Crippen LogP contribution in [0.4, 0.5) is 0 Å². The van der Waals surface area contributed by atoms with Gasteiger partial charge in [0.15, 0.2) is 0 Å². The third kappa shape index (κ3) is 13.7. The topological polar surface area (TPSA) is 35.6 Å². The van der Waals surface area contributed by atoms with E-state index < -0.39 is 0 Å². The van der Waals surface area contributed by atoms with Crippen molar-refractivity contribution in [3.05, 3.63) is 269 Å². The lowest BCUT2D eigenvalue weighted by molar-refractivity contribution is 0.844. The first kappa shape index (κ1) is 52.7. The number of hydrogen-bond donors (Lipinski definition) is 0. The summed E-state index contributed by atoms with van der Waals surface area (Å²) in [7, 11) is 2.07. The van der Waals surface area contributed by atoms with Crippen LogP contribution in [0.5, 0.6) is 0 Å². The maximum atomic E-state index is 4.23. The number of aryl methyl sites for hydroxylation is 9. The molecule has 0 fully saturated rings. The van der Waals surface area contributed by atoms with E-state index in [-0.39, 0.29) is 0 Å². The van der Waals surface area contributed by atoms with Gasteiger partial charge < -0.3 is 9.13 Å². The molecule has 0 saturated carbocycles. The molecule has 0 spiro atoms. The summed E-state index contributed by atoms with van der Waals surface area (Å²) in [5, 5.41) is 10.7. The Kier molecular flexibility index (Phi) is 17.9. The zero-order chi connectivity index (χ0) is 52.0. The highest BCUT2D eigenvalue weighted by Gasteiger charge is 2.11. The number of para-hydroxylation sites is 2. The monoisotopic (exact) mass is 957 g/mol. The SMILES string of the molecule is Cc1cc(C)nc(C)c1.Cc1ccc(-n2c3ccccc3c3ccccc32)cc1.Cc1ccc(C(C)C)cc1.Cc1ccc(C)n1C.Cc1ccc2c3ccccc3c3ccccc3c2c1.Cc1ccncc1. The van der Waals surface area contributed by atoms with Crippen molar-refractivity contribution in [1.29, 1.82) is 0 Å². The maximum absolute atomic E-state index is 4.23. The van der Waals surface area contributed by atoms with Gasteiger partial charge in [-0.25, -0.2) is 0 Å². The Morgan fingerprint density at radius 1 is 0.342 bits per heavy atom. The second kappa shape index (κ2) is 24.8. The van der Waals surface area contributed by atoms with Crippen LogP contribution in [0.2, 0.25) is 0 Å². The van der Waals surface area contributed by atoms with Gasteiger partial charge in [-0.1, -0.05) is 170 Å². The zero-order valence-corrected chi connectivity index (χ0v) is 45.1. The summed E-state index contributed by atoms with van der Waals surface area (Å²) >= 11 is 0. The van der Waals surface area contributed by atoms with E-state index in [1.54, 1.807) is 12.4 Å². The van der Waals surface area contributed by atoms with Crippen molar-refractivity contribution in [3.8, 4) is 5.69 Å². The molecule has 0 saturated heterocycles. The van der Waals surface area contributed by atoms with E-state index in [0.29, 0.717) is 5.92 Å². The lowest BCUT2D eigenvalue weighted by atomic mass is 9.93. The molecule has 12 aromatic rings. The second-order valence-electron chi connectivity index (χ2n) is 19.5. The first-order valence-electron chi connectivity index (χ1n) is 25.5. The van der Waals surface area contributed by atoms with Gasteiger partial charge in [-0.05, 0) is 178 Å². The minimum Gasteiger partial charge on any atom is -0.352 e. The molecule has 12 rings (SSSR count). The highest BCUT2D eigenvalue weighted by Crippen LogP contribution is 2.35. The van der Waals surface area contributed by atoms with Gasteiger partial charge in [-0.15, -0.1) is 0 Å². The highest BCUT2D eigenvalue weighted by molar-refractivity contribution is 6.25.